The van der Waals surface area contributed by atoms with Crippen molar-refractivity contribution >= 4 is 28.5 Å². The number of carbonyl (C=O) groups is 3. The van der Waals surface area contributed by atoms with Crippen LogP contribution in [0, 0.1) is 0 Å². The van der Waals surface area contributed by atoms with Crippen LogP contribution in [0.4, 0.5) is 0 Å². The van der Waals surface area contributed by atoms with Crippen molar-refractivity contribution in [2.24, 2.45) is 0 Å². The Hall–Kier alpha value is -3.45. The van der Waals surface area contributed by atoms with E-state index < -0.39 is 17.7 Å². The van der Waals surface area contributed by atoms with Crippen molar-refractivity contribution in [2.45, 2.75) is 6.04 Å². The summed E-state index contributed by atoms with van der Waals surface area (Å²) in [6.45, 7) is 0.344. The standard InChI is InChI=1S/C22H21N3O4/c26-14-16-13-24(21(28)15-6-2-1-3-7-15)10-11-25(16)22(29)20(27)18-12-23-19-9-5-4-8-17(18)19/h1-9,12,16,23,26H,10-11,13-14H2. The number of nitrogens with one attached hydrogen (secondary N) is 1. The Morgan fingerprint density at radius 1 is 1.00 bits per heavy atom. The molecule has 2 N–H and O–H groups in total. The lowest BCUT2D eigenvalue weighted by Crippen LogP contribution is -2.59. The summed E-state index contributed by atoms with van der Waals surface area (Å²) >= 11 is 0. The van der Waals surface area contributed by atoms with E-state index in [-0.39, 0.29) is 25.6 Å². The fourth-order valence-corrected chi connectivity index (χ4v) is 3.73. The second kappa shape index (κ2) is 7.89. The van der Waals surface area contributed by atoms with Gasteiger partial charge in [0.25, 0.3) is 17.6 Å². The maximum absolute atomic E-state index is 12.9. The third-order valence-electron chi connectivity index (χ3n) is 5.29. The lowest BCUT2D eigenvalue weighted by molar-refractivity contribution is -0.131. The largest absolute Gasteiger partial charge is 0.394 e. The molecule has 1 fully saturated rings. The fraction of sp³-hybridized carbons (Fsp3) is 0.227. The SMILES string of the molecule is O=C(C(=O)N1CCN(C(=O)c2ccccc2)CC1CO)c1c[nH]c2ccccc12. The predicted molar refractivity (Wildman–Crippen MR) is 108 cm³/mol. The molecule has 0 bridgehead atoms. The molecular formula is C22H21N3O4. The minimum Gasteiger partial charge on any atom is -0.394 e. The zero-order chi connectivity index (χ0) is 20.4. The number of benzene rings is 2. The van der Waals surface area contributed by atoms with Gasteiger partial charge in [-0.25, -0.2) is 0 Å². The first-order chi connectivity index (χ1) is 14.1. The lowest BCUT2D eigenvalue weighted by Gasteiger charge is -2.40. The van der Waals surface area contributed by atoms with Crippen LogP contribution < -0.4 is 0 Å². The Balaban J connectivity index is 1.51. The third-order valence-corrected chi connectivity index (χ3v) is 5.29. The summed E-state index contributed by atoms with van der Waals surface area (Å²) in [6.07, 6.45) is 1.54. The number of carbonyl (C=O) groups excluding carboxylic acids is 3. The number of H-pyrrole nitrogens is 1. The second-order valence-electron chi connectivity index (χ2n) is 7.03. The molecule has 0 radical (unpaired) electrons. The molecule has 1 aliphatic rings. The second-order valence-corrected chi connectivity index (χ2v) is 7.03. The Bertz CT molecular complexity index is 1060. The van der Waals surface area contributed by atoms with Crippen LogP contribution in [0.25, 0.3) is 10.9 Å². The molecule has 2 amide bonds. The number of hydrogen-bond donors (Lipinski definition) is 2. The van der Waals surface area contributed by atoms with Crippen molar-refractivity contribution in [3.63, 3.8) is 0 Å². The molecule has 1 unspecified atom stereocenters. The summed E-state index contributed by atoms with van der Waals surface area (Å²) in [5.41, 5.74) is 1.64. The molecule has 2 heterocycles. The van der Waals surface area contributed by atoms with Gasteiger partial charge in [0.05, 0.1) is 18.2 Å². The van der Waals surface area contributed by atoms with Crippen LogP contribution in [-0.4, -0.2) is 69.8 Å². The lowest BCUT2D eigenvalue weighted by atomic mass is 10.1. The molecular weight excluding hydrogens is 370 g/mol. The number of aliphatic hydroxyl groups is 1. The number of aromatic amines is 1. The molecule has 3 aromatic rings. The third kappa shape index (κ3) is 3.52. The highest BCUT2D eigenvalue weighted by Crippen LogP contribution is 2.21. The summed E-state index contributed by atoms with van der Waals surface area (Å²) < 4.78 is 0. The van der Waals surface area contributed by atoms with E-state index in [0.29, 0.717) is 23.1 Å². The smallest absolute Gasteiger partial charge is 0.295 e. The first-order valence-electron chi connectivity index (χ1n) is 9.46. The molecule has 7 nitrogen and oxygen atoms in total. The quantitative estimate of drug-likeness (QED) is 0.523. The van der Waals surface area contributed by atoms with Gasteiger partial charge in [0.2, 0.25) is 0 Å². The minimum absolute atomic E-state index is 0.154. The normalized spacial score (nSPS) is 16.8. The molecule has 0 spiro atoms. The molecule has 2 aromatic carbocycles. The number of fused-ring (bicyclic) bond motifs is 1. The molecule has 148 valence electrons. The molecule has 1 aliphatic heterocycles. The number of piperazine rings is 1. The van der Waals surface area contributed by atoms with Crippen molar-refractivity contribution in [3.8, 4) is 0 Å². The van der Waals surface area contributed by atoms with E-state index in [9.17, 15) is 19.5 Å². The molecule has 0 saturated carbocycles. The highest BCUT2D eigenvalue weighted by Gasteiger charge is 2.35. The number of Topliss-reactive ketones (excluding diaryl/α,β-unsaturated/α-hetero) is 1. The molecule has 1 atom stereocenters. The number of aromatic nitrogens is 1. The number of nitrogens with zero attached hydrogens (tertiary/aromatic N) is 2. The van der Waals surface area contributed by atoms with E-state index in [0.717, 1.165) is 5.52 Å². The van der Waals surface area contributed by atoms with Crippen molar-refractivity contribution in [3.05, 3.63) is 71.9 Å². The van der Waals surface area contributed by atoms with Crippen LogP contribution in [0.5, 0.6) is 0 Å². The summed E-state index contributed by atoms with van der Waals surface area (Å²) in [5, 5.41) is 10.5. The molecule has 29 heavy (non-hydrogen) atoms. The van der Waals surface area contributed by atoms with E-state index in [1.165, 1.54) is 11.1 Å². The highest BCUT2D eigenvalue weighted by molar-refractivity contribution is 6.45. The number of hydrogen-bond acceptors (Lipinski definition) is 4. The predicted octanol–water partition coefficient (Wildman–Crippen LogP) is 1.70. The van der Waals surface area contributed by atoms with Gasteiger partial charge >= 0.3 is 0 Å². The number of amides is 2. The topological polar surface area (TPSA) is 93.7 Å². The average Bonchev–Trinajstić information content (AvgIpc) is 3.22. The number of ketones is 1. The summed E-state index contributed by atoms with van der Waals surface area (Å²) in [4.78, 5) is 44.4. The van der Waals surface area contributed by atoms with Gasteiger partial charge in [0.15, 0.2) is 0 Å². The highest BCUT2D eigenvalue weighted by atomic mass is 16.3. The van der Waals surface area contributed by atoms with Crippen molar-refractivity contribution in [1.29, 1.82) is 0 Å². The van der Waals surface area contributed by atoms with Crippen LogP contribution in [0.15, 0.2) is 60.8 Å². The molecule has 4 rings (SSSR count). The van der Waals surface area contributed by atoms with E-state index in [2.05, 4.69) is 4.98 Å². The number of aliphatic hydroxyl groups excluding tert-OH is 1. The van der Waals surface area contributed by atoms with Crippen LogP contribution in [0.1, 0.15) is 20.7 Å². The summed E-state index contributed by atoms with van der Waals surface area (Å²) in [7, 11) is 0. The van der Waals surface area contributed by atoms with E-state index in [1.807, 2.05) is 24.3 Å². The van der Waals surface area contributed by atoms with Crippen molar-refractivity contribution in [1.82, 2.24) is 14.8 Å². The Morgan fingerprint density at radius 3 is 2.48 bits per heavy atom. The van der Waals surface area contributed by atoms with Gasteiger partial charge in [-0.2, -0.15) is 0 Å². The van der Waals surface area contributed by atoms with Gasteiger partial charge in [-0.15, -0.1) is 0 Å². The molecule has 0 aliphatic carbocycles. The van der Waals surface area contributed by atoms with Crippen molar-refractivity contribution < 1.29 is 19.5 Å². The van der Waals surface area contributed by atoms with Crippen LogP contribution in [0.3, 0.4) is 0 Å². The first kappa shape index (κ1) is 18.9. The molecule has 1 aromatic heterocycles. The van der Waals surface area contributed by atoms with Crippen LogP contribution >= 0.6 is 0 Å². The number of rotatable bonds is 4. The average molecular weight is 391 g/mol. The Morgan fingerprint density at radius 2 is 1.72 bits per heavy atom. The maximum Gasteiger partial charge on any atom is 0.295 e. The maximum atomic E-state index is 12.9. The molecule has 1 saturated heterocycles. The number of para-hydroxylation sites is 1. The van der Waals surface area contributed by atoms with Crippen LogP contribution in [-0.2, 0) is 4.79 Å². The van der Waals surface area contributed by atoms with Gasteiger partial charge in [0, 0.05) is 42.3 Å². The first-order valence-corrected chi connectivity index (χ1v) is 9.46. The van der Waals surface area contributed by atoms with Crippen LogP contribution in [0.2, 0.25) is 0 Å². The van der Waals surface area contributed by atoms with E-state index in [4.69, 9.17) is 0 Å². The summed E-state index contributed by atoms with van der Waals surface area (Å²) in [5.74, 6) is -1.44. The van der Waals surface area contributed by atoms with Crippen molar-refractivity contribution in [2.75, 3.05) is 26.2 Å². The zero-order valence-electron chi connectivity index (χ0n) is 15.7. The van der Waals surface area contributed by atoms with Gasteiger partial charge in [-0.05, 0) is 18.2 Å². The van der Waals surface area contributed by atoms with Gasteiger partial charge in [0.1, 0.15) is 0 Å². The van der Waals surface area contributed by atoms with Gasteiger partial charge < -0.3 is 19.9 Å². The van der Waals surface area contributed by atoms with Gasteiger partial charge in [-0.1, -0.05) is 36.4 Å². The van der Waals surface area contributed by atoms with Gasteiger partial charge in [-0.3, -0.25) is 14.4 Å². The van der Waals surface area contributed by atoms with E-state index >= 15 is 0 Å². The monoisotopic (exact) mass is 391 g/mol. The zero-order valence-corrected chi connectivity index (χ0v) is 15.7. The Labute approximate surface area is 167 Å². The molecule has 7 heteroatoms. The summed E-state index contributed by atoms with van der Waals surface area (Å²) in [6, 6.07) is 15.5. The fourth-order valence-electron chi connectivity index (χ4n) is 3.73. The Kier molecular flexibility index (Phi) is 5.14. The minimum atomic E-state index is -0.666. The van der Waals surface area contributed by atoms with E-state index in [1.54, 1.807) is 35.2 Å².